The topological polar surface area (TPSA) is 75.9 Å². The van der Waals surface area contributed by atoms with Crippen LogP contribution in [0.5, 0.6) is 0 Å². The van der Waals surface area contributed by atoms with Gasteiger partial charge in [0.05, 0.1) is 30.9 Å². The predicted octanol–water partition coefficient (Wildman–Crippen LogP) is 0.289. The summed E-state index contributed by atoms with van der Waals surface area (Å²) in [5.41, 5.74) is 0.766. The largest absolute Gasteiger partial charge is 0.395 e. The lowest BCUT2D eigenvalue weighted by atomic mass is 10.2. The summed E-state index contributed by atoms with van der Waals surface area (Å²) in [5.74, 6) is 0. The lowest BCUT2D eigenvalue weighted by Crippen LogP contribution is -2.30. The molecule has 76 valence electrons. The fourth-order valence-corrected chi connectivity index (χ4v) is 1.36. The van der Waals surface area contributed by atoms with E-state index >= 15 is 0 Å². The molecule has 1 unspecified atom stereocenters. The van der Waals surface area contributed by atoms with Crippen LogP contribution in [0.3, 0.4) is 0 Å². The number of aliphatic hydroxyl groups is 1. The average Bonchev–Trinajstić information content (AvgIpc) is 2.71. The first-order valence-electron chi connectivity index (χ1n) is 4.56. The zero-order valence-corrected chi connectivity index (χ0v) is 8.14. The Kier molecular flexibility index (Phi) is 4.11. The predicted molar refractivity (Wildman–Crippen MR) is 51.3 cm³/mol. The number of nitrogens with zero attached hydrogens (tertiary/aromatic N) is 3. The summed E-state index contributed by atoms with van der Waals surface area (Å²) in [6.45, 7) is 3.22. The molecule has 0 bridgehead atoms. The Bertz CT molecular complexity index is 290. The van der Waals surface area contributed by atoms with Crippen LogP contribution >= 0.6 is 0 Å². The van der Waals surface area contributed by atoms with Crippen molar-refractivity contribution in [2.45, 2.75) is 13.0 Å². The molecule has 1 heterocycles. The Morgan fingerprint density at radius 2 is 2.57 bits per heavy atom. The Hall–Kier alpha value is -1.38. The third kappa shape index (κ3) is 2.31. The molecule has 0 spiro atoms. The molecule has 0 saturated heterocycles. The van der Waals surface area contributed by atoms with E-state index in [0.717, 1.165) is 12.2 Å². The third-order valence-electron chi connectivity index (χ3n) is 2.09. The number of likely N-dealkylation sites (N-methyl/N-ethyl adjacent to an activating group) is 1. The van der Waals surface area contributed by atoms with Crippen LogP contribution < -0.4 is 0 Å². The zero-order chi connectivity index (χ0) is 10.4. The van der Waals surface area contributed by atoms with Gasteiger partial charge >= 0.3 is 0 Å². The fourth-order valence-electron chi connectivity index (χ4n) is 1.36. The van der Waals surface area contributed by atoms with Gasteiger partial charge in [0.15, 0.2) is 0 Å². The maximum atomic E-state index is 9.00. The lowest BCUT2D eigenvalue weighted by Gasteiger charge is -2.23. The van der Waals surface area contributed by atoms with Gasteiger partial charge in [-0.05, 0) is 6.54 Å². The molecule has 14 heavy (non-hydrogen) atoms. The van der Waals surface area contributed by atoms with Crippen molar-refractivity contribution in [1.29, 1.82) is 5.26 Å². The van der Waals surface area contributed by atoms with Gasteiger partial charge in [0.1, 0.15) is 6.04 Å². The van der Waals surface area contributed by atoms with Crippen LogP contribution in [0.4, 0.5) is 0 Å². The van der Waals surface area contributed by atoms with E-state index in [2.05, 4.69) is 16.0 Å². The Morgan fingerprint density at radius 3 is 3.00 bits per heavy atom. The molecular formula is C9H14N4O. The molecule has 0 radical (unpaired) electrons. The van der Waals surface area contributed by atoms with Gasteiger partial charge < -0.3 is 10.1 Å². The van der Waals surface area contributed by atoms with E-state index < -0.39 is 0 Å². The standard InChI is InChI=1S/C9H14N4O/c1-2-13(3-4-14)9(5-10)8-6-11-7-12-8/h6-7,9,14H,2-4H2,1H3,(H,11,12). The van der Waals surface area contributed by atoms with E-state index in [0.29, 0.717) is 6.54 Å². The summed E-state index contributed by atoms with van der Waals surface area (Å²) in [6, 6.07) is 1.83. The Morgan fingerprint density at radius 1 is 1.79 bits per heavy atom. The van der Waals surface area contributed by atoms with E-state index in [-0.39, 0.29) is 12.6 Å². The molecule has 0 aliphatic rings. The second-order valence-corrected chi connectivity index (χ2v) is 2.89. The first kappa shape index (κ1) is 10.7. The van der Waals surface area contributed by atoms with Crippen LogP contribution in [-0.4, -0.2) is 39.7 Å². The molecule has 5 nitrogen and oxygen atoms in total. The minimum absolute atomic E-state index is 0.0557. The van der Waals surface area contributed by atoms with Crippen LogP contribution in [0.1, 0.15) is 18.7 Å². The maximum Gasteiger partial charge on any atom is 0.140 e. The SMILES string of the molecule is CCN(CCO)C(C#N)c1cnc[nH]1. The Labute approximate surface area is 83.0 Å². The second-order valence-electron chi connectivity index (χ2n) is 2.89. The summed E-state index contributed by atoms with van der Waals surface area (Å²) in [7, 11) is 0. The molecule has 0 saturated carbocycles. The van der Waals surface area contributed by atoms with Crippen LogP contribution in [-0.2, 0) is 0 Å². The van der Waals surface area contributed by atoms with Crippen molar-refractivity contribution < 1.29 is 5.11 Å². The highest BCUT2D eigenvalue weighted by molar-refractivity contribution is 5.12. The molecule has 0 aliphatic heterocycles. The number of aromatic nitrogens is 2. The molecule has 1 rings (SSSR count). The quantitative estimate of drug-likeness (QED) is 0.706. The molecule has 0 amide bonds. The number of aliphatic hydroxyl groups excluding tert-OH is 1. The number of rotatable bonds is 5. The number of nitriles is 1. The summed E-state index contributed by atoms with van der Waals surface area (Å²) in [4.78, 5) is 8.66. The zero-order valence-electron chi connectivity index (χ0n) is 8.14. The number of hydrogen-bond donors (Lipinski definition) is 2. The van der Waals surface area contributed by atoms with Crippen molar-refractivity contribution in [3.05, 3.63) is 18.2 Å². The summed E-state index contributed by atoms with van der Waals surface area (Å²) in [6.07, 6.45) is 3.18. The minimum Gasteiger partial charge on any atom is -0.395 e. The first-order valence-corrected chi connectivity index (χ1v) is 4.56. The number of nitrogens with one attached hydrogen (secondary N) is 1. The van der Waals surface area contributed by atoms with Crippen molar-refractivity contribution in [1.82, 2.24) is 14.9 Å². The molecule has 1 atom stereocenters. The molecule has 1 aromatic heterocycles. The highest BCUT2D eigenvalue weighted by Crippen LogP contribution is 2.16. The molecule has 0 aromatic carbocycles. The molecule has 5 heteroatoms. The minimum atomic E-state index is -0.352. The molecule has 1 aromatic rings. The summed E-state index contributed by atoms with van der Waals surface area (Å²) in [5, 5.41) is 17.8. The number of aromatic amines is 1. The van der Waals surface area contributed by atoms with Crippen LogP contribution in [0.25, 0.3) is 0 Å². The van der Waals surface area contributed by atoms with Crippen LogP contribution in [0.15, 0.2) is 12.5 Å². The first-order chi connectivity index (χ1) is 6.83. The normalized spacial score (nSPS) is 12.7. The van der Waals surface area contributed by atoms with Crippen molar-refractivity contribution in [2.24, 2.45) is 0 Å². The summed E-state index contributed by atoms with van der Waals surface area (Å²) >= 11 is 0. The average molecular weight is 194 g/mol. The van der Waals surface area contributed by atoms with Gasteiger partial charge in [-0.2, -0.15) is 5.26 Å². The molecular weight excluding hydrogens is 180 g/mol. The summed E-state index contributed by atoms with van der Waals surface area (Å²) < 4.78 is 0. The molecule has 0 fully saturated rings. The highest BCUT2D eigenvalue weighted by Gasteiger charge is 2.18. The van der Waals surface area contributed by atoms with Crippen molar-refractivity contribution in [2.75, 3.05) is 19.7 Å². The van der Waals surface area contributed by atoms with Crippen molar-refractivity contribution >= 4 is 0 Å². The molecule has 2 N–H and O–H groups in total. The van der Waals surface area contributed by atoms with Gasteiger partial charge in [0, 0.05) is 6.54 Å². The maximum absolute atomic E-state index is 9.00. The second kappa shape index (κ2) is 5.37. The van der Waals surface area contributed by atoms with E-state index in [1.807, 2.05) is 11.8 Å². The van der Waals surface area contributed by atoms with E-state index in [1.165, 1.54) is 0 Å². The van der Waals surface area contributed by atoms with Gasteiger partial charge in [0.25, 0.3) is 0 Å². The lowest BCUT2D eigenvalue weighted by molar-refractivity contribution is 0.179. The van der Waals surface area contributed by atoms with Gasteiger partial charge in [-0.3, -0.25) is 4.90 Å². The number of hydrogen-bond acceptors (Lipinski definition) is 4. The van der Waals surface area contributed by atoms with Gasteiger partial charge in [-0.1, -0.05) is 6.92 Å². The molecule has 0 aliphatic carbocycles. The van der Waals surface area contributed by atoms with E-state index in [4.69, 9.17) is 10.4 Å². The Balaban J connectivity index is 2.75. The smallest absolute Gasteiger partial charge is 0.140 e. The van der Waals surface area contributed by atoms with Gasteiger partial charge in [0.2, 0.25) is 0 Å². The third-order valence-corrected chi connectivity index (χ3v) is 2.09. The van der Waals surface area contributed by atoms with Crippen LogP contribution in [0, 0.1) is 11.3 Å². The van der Waals surface area contributed by atoms with E-state index in [9.17, 15) is 0 Å². The number of H-pyrrole nitrogens is 1. The van der Waals surface area contributed by atoms with Crippen LogP contribution in [0.2, 0.25) is 0 Å². The van der Waals surface area contributed by atoms with Crippen molar-refractivity contribution in [3.63, 3.8) is 0 Å². The number of imidazole rings is 1. The van der Waals surface area contributed by atoms with Crippen molar-refractivity contribution in [3.8, 4) is 6.07 Å². The van der Waals surface area contributed by atoms with E-state index in [1.54, 1.807) is 12.5 Å². The fraction of sp³-hybridized carbons (Fsp3) is 0.556. The monoisotopic (exact) mass is 194 g/mol. The van der Waals surface area contributed by atoms with Gasteiger partial charge in [-0.25, -0.2) is 4.98 Å². The van der Waals surface area contributed by atoms with Gasteiger partial charge in [-0.15, -0.1) is 0 Å². The highest BCUT2D eigenvalue weighted by atomic mass is 16.3.